The summed E-state index contributed by atoms with van der Waals surface area (Å²) >= 11 is 4.61. The van der Waals surface area contributed by atoms with Crippen LogP contribution in [0.25, 0.3) is 0 Å². The van der Waals surface area contributed by atoms with E-state index < -0.39 is 16.1 Å². The highest BCUT2D eigenvalue weighted by atomic mass is 32.2. The third-order valence-electron chi connectivity index (χ3n) is 2.02. The summed E-state index contributed by atoms with van der Waals surface area (Å²) in [5, 5.41) is 1.33. The van der Waals surface area contributed by atoms with Gasteiger partial charge in [0.25, 0.3) is 0 Å². The molecule has 0 aliphatic carbocycles. The number of rotatable bonds is 5. The molecule has 0 saturated carbocycles. The van der Waals surface area contributed by atoms with Crippen molar-refractivity contribution in [2.75, 3.05) is 6.54 Å². The summed E-state index contributed by atoms with van der Waals surface area (Å²) in [6, 6.07) is 6.15. The summed E-state index contributed by atoms with van der Waals surface area (Å²) in [6.07, 6.45) is 0. The van der Waals surface area contributed by atoms with Gasteiger partial charge in [0.05, 0.1) is 4.90 Å². The van der Waals surface area contributed by atoms with Crippen molar-refractivity contribution in [2.24, 2.45) is 5.73 Å². The van der Waals surface area contributed by atoms with Gasteiger partial charge in [-0.1, -0.05) is 29.9 Å². The second-order valence-corrected chi connectivity index (χ2v) is 5.50. The Bertz CT molecular complexity index is 454. The molecule has 0 spiro atoms. The molecule has 16 heavy (non-hydrogen) atoms. The zero-order valence-electron chi connectivity index (χ0n) is 8.88. The minimum absolute atomic E-state index is 0.111. The molecule has 1 aromatic carbocycles. The first kappa shape index (κ1) is 13.2. The number of sulfonamides is 1. The molecule has 0 aliphatic heterocycles. The van der Waals surface area contributed by atoms with Gasteiger partial charge in [0.2, 0.25) is 10.0 Å². The zero-order valence-corrected chi connectivity index (χ0v) is 10.5. The fraction of sp³-hybridized carbons (Fsp3) is 0.300. The zero-order chi connectivity index (χ0) is 12.2. The molecule has 0 fully saturated rings. The number of aryl methyl sites for hydroxylation is 1. The largest absolute Gasteiger partial charge is 0.323 e. The number of nitrogens with one attached hydrogen (secondary N) is 1. The lowest BCUT2D eigenvalue weighted by atomic mass is 10.2. The molecule has 0 saturated heterocycles. The van der Waals surface area contributed by atoms with Crippen molar-refractivity contribution >= 4 is 27.6 Å². The number of thiocarbonyl (C=S) groups is 1. The standard InChI is InChI=1S/C10H14N2O2S2/c1-8-2-4-10(5-3-8)16(13,14)12-6-9(11)7-15/h2-5,7,9,12H,6,11H2,1H3. The molecule has 1 aromatic rings. The predicted octanol–water partition coefficient (Wildman–Crippen LogP) is 0.600. The van der Waals surface area contributed by atoms with Gasteiger partial charge in [-0.2, -0.15) is 0 Å². The van der Waals surface area contributed by atoms with Crippen molar-refractivity contribution in [1.29, 1.82) is 0 Å². The first-order chi connectivity index (χ1) is 7.45. The van der Waals surface area contributed by atoms with Crippen LogP contribution < -0.4 is 10.5 Å². The highest BCUT2D eigenvalue weighted by Crippen LogP contribution is 2.09. The molecule has 1 atom stereocenters. The van der Waals surface area contributed by atoms with Crippen LogP contribution in [0.15, 0.2) is 29.2 Å². The van der Waals surface area contributed by atoms with E-state index in [0.717, 1.165) is 5.56 Å². The van der Waals surface area contributed by atoms with Gasteiger partial charge in [-0.3, -0.25) is 0 Å². The van der Waals surface area contributed by atoms with E-state index in [0.29, 0.717) is 0 Å². The van der Waals surface area contributed by atoms with E-state index in [4.69, 9.17) is 5.73 Å². The molecule has 6 heteroatoms. The Balaban J connectivity index is 2.78. The maximum absolute atomic E-state index is 11.7. The van der Waals surface area contributed by atoms with Crippen LogP contribution in [0.5, 0.6) is 0 Å². The third-order valence-corrected chi connectivity index (χ3v) is 3.80. The number of hydrogen-bond donors (Lipinski definition) is 2. The molecule has 1 unspecified atom stereocenters. The first-order valence-electron chi connectivity index (χ1n) is 4.73. The van der Waals surface area contributed by atoms with E-state index >= 15 is 0 Å². The summed E-state index contributed by atoms with van der Waals surface area (Å²) in [5.41, 5.74) is 6.50. The summed E-state index contributed by atoms with van der Waals surface area (Å²) in [7, 11) is -3.48. The lowest BCUT2D eigenvalue weighted by molar-refractivity contribution is 0.580. The molecule has 0 aromatic heterocycles. The summed E-state index contributed by atoms with van der Waals surface area (Å²) in [5.74, 6) is 0. The van der Waals surface area contributed by atoms with Crippen molar-refractivity contribution < 1.29 is 8.42 Å². The molecule has 0 heterocycles. The predicted molar refractivity (Wildman–Crippen MR) is 68.0 cm³/mol. The minimum atomic E-state index is -3.48. The van der Waals surface area contributed by atoms with Crippen molar-refractivity contribution in [1.82, 2.24) is 4.72 Å². The molecular formula is C10H14N2O2S2. The molecule has 4 nitrogen and oxygen atoms in total. The Hall–Kier alpha value is -0.820. The molecule has 0 aliphatic rings. The van der Waals surface area contributed by atoms with Crippen LogP contribution in [-0.4, -0.2) is 26.4 Å². The van der Waals surface area contributed by atoms with Gasteiger partial charge in [-0.25, -0.2) is 13.1 Å². The van der Waals surface area contributed by atoms with E-state index in [2.05, 4.69) is 16.9 Å². The Labute approximate surface area is 101 Å². The number of hydrogen-bond acceptors (Lipinski definition) is 4. The van der Waals surface area contributed by atoms with Crippen LogP contribution in [0, 0.1) is 6.92 Å². The Morgan fingerprint density at radius 3 is 2.50 bits per heavy atom. The van der Waals surface area contributed by atoms with Crippen molar-refractivity contribution in [3.8, 4) is 0 Å². The molecular weight excluding hydrogens is 244 g/mol. The molecule has 88 valence electrons. The summed E-state index contributed by atoms with van der Waals surface area (Å²) in [6.45, 7) is 2.01. The Morgan fingerprint density at radius 1 is 1.44 bits per heavy atom. The van der Waals surface area contributed by atoms with Gasteiger partial charge < -0.3 is 5.73 Å². The van der Waals surface area contributed by atoms with E-state index in [-0.39, 0.29) is 11.4 Å². The van der Waals surface area contributed by atoms with Gasteiger partial charge in [0.15, 0.2) is 0 Å². The average Bonchev–Trinajstić information content (AvgIpc) is 2.26. The highest BCUT2D eigenvalue weighted by molar-refractivity contribution is 7.89. The lowest BCUT2D eigenvalue weighted by Crippen LogP contribution is -2.37. The van der Waals surface area contributed by atoms with Gasteiger partial charge in [0, 0.05) is 12.6 Å². The van der Waals surface area contributed by atoms with Crippen LogP contribution in [0.4, 0.5) is 0 Å². The SMILES string of the molecule is Cc1ccc(S(=O)(=O)NCC(N)C=S)cc1. The van der Waals surface area contributed by atoms with Crippen LogP contribution in [-0.2, 0) is 10.0 Å². The molecule has 0 radical (unpaired) electrons. The normalized spacial score (nSPS) is 13.4. The molecule has 1 rings (SSSR count). The smallest absolute Gasteiger partial charge is 0.240 e. The highest BCUT2D eigenvalue weighted by Gasteiger charge is 2.13. The van der Waals surface area contributed by atoms with Gasteiger partial charge in [0.1, 0.15) is 0 Å². The number of nitrogens with two attached hydrogens (primary N) is 1. The third kappa shape index (κ3) is 3.64. The van der Waals surface area contributed by atoms with Crippen LogP contribution >= 0.6 is 12.2 Å². The van der Waals surface area contributed by atoms with Crippen LogP contribution in [0.1, 0.15) is 5.56 Å². The summed E-state index contributed by atoms with van der Waals surface area (Å²) < 4.78 is 25.9. The quantitative estimate of drug-likeness (QED) is 0.759. The first-order valence-corrected chi connectivity index (χ1v) is 6.68. The Kier molecular flexibility index (Phi) is 4.55. The second-order valence-electron chi connectivity index (χ2n) is 3.46. The topological polar surface area (TPSA) is 72.2 Å². The molecule has 0 amide bonds. The van der Waals surface area contributed by atoms with Gasteiger partial charge in [-0.05, 0) is 24.4 Å². The van der Waals surface area contributed by atoms with Crippen LogP contribution in [0.2, 0.25) is 0 Å². The van der Waals surface area contributed by atoms with E-state index in [9.17, 15) is 8.42 Å². The minimum Gasteiger partial charge on any atom is -0.323 e. The van der Waals surface area contributed by atoms with Crippen LogP contribution in [0.3, 0.4) is 0 Å². The lowest BCUT2D eigenvalue weighted by Gasteiger charge is -2.09. The monoisotopic (exact) mass is 258 g/mol. The average molecular weight is 258 g/mol. The van der Waals surface area contributed by atoms with E-state index in [1.165, 1.54) is 5.37 Å². The Morgan fingerprint density at radius 2 is 2.00 bits per heavy atom. The fourth-order valence-corrected chi connectivity index (χ4v) is 2.22. The fourth-order valence-electron chi connectivity index (χ4n) is 1.05. The molecule has 0 bridgehead atoms. The van der Waals surface area contributed by atoms with Crippen molar-refractivity contribution in [2.45, 2.75) is 17.9 Å². The van der Waals surface area contributed by atoms with Gasteiger partial charge >= 0.3 is 0 Å². The van der Waals surface area contributed by atoms with Crippen molar-refractivity contribution in [3.63, 3.8) is 0 Å². The maximum Gasteiger partial charge on any atom is 0.240 e. The summed E-state index contributed by atoms with van der Waals surface area (Å²) in [4.78, 5) is 0.231. The van der Waals surface area contributed by atoms with E-state index in [1.807, 2.05) is 6.92 Å². The second kappa shape index (κ2) is 5.49. The number of benzene rings is 1. The van der Waals surface area contributed by atoms with Gasteiger partial charge in [-0.15, -0.1) is 0 Å². The van der Waals surface area contributed by atoms with E-state index in [1.54, 1.807) is 24.3 Å². The maximum atomic E-state index is 11.7. The van der Waals surface area contributed by atoms with Crippen molar-refractivity contribution in [3.05, 3.63) is 29.8 Å². The molecule has 3 N–H and O–H groups in total.